The van der Waals surface area contributed by atoms with Crippen molar-refractivity contribution in [3.05, 3.63) is 64.0 Å². The molecule has 2 aliphatic rings. The monoisotopic (exact) mass is 394 g/mol. The normalized spacial score (nSPS) is 20.1. The van der Waals surface area contributed by atoms with Gasteiger partial charge in [-0.25, -0.2) is 0 Å². The Balaban J connectivity index is 1.60. The van der Waals surface area contributed by atoms with E-state index >= 15 is 0 Å². The first-order valence-electron chi connectivity index (χ1n) is 10.3. The van der Waals surface area contributed by atoms with Crippen LogP contribution in [0.25, 0.3) is 0 Å². The van der Waals surface area contributed by atoms with Gasteiger partial charge in [0.25, 0.3) is 11.6 Å². The smallest absolute Gasteiger partial charge is 0.293 e. The van der Waals surface area contributed by atoms with E-state index in [2.05, 4.69) is 16.8 Å². The quantitative estimate of drug-likeness (QED) is 0.573. The van der Waals surface area contributed by atoms with Crippen molar-refractivity contribution < 1.29 is 9.72 Å². The number of likely N-dealkylation sites (tertiary alicyclic amines) is 1. The lowest BCUT2D eigenvalue weighted by molar-refractivity contribution is -0.384. The van der Waals surface area contributed by atoms with Gasteiger partial charge < -0.3 is 9.80 Å². The third-order valence-corrected chi connectivity index (χ3v) is 6.13. The maximum atomic E-state index is 13.2. The summed E-state index contributed by atoms with van der Waals surface area (Å²) < 4.78 is 0. The van der Waals surface area contributed by atoms with Crippen LogP contribution in [0.3, 0.4) is 0 Å². The highest BCUT2D eigenvalue weighted by Crippen LogP contribution is 2.36. The van der Waals surface area contributed by atoms with Crippen LogP contribution < -0.4 is 4.90 Å². The fourth-order valence-electron chi connectivity index (χ4n) is 4.41. The molecule has 0 bridgehead atoms. The topological polar surface area (TPSA) is 79.6 Å². The van der Waals surface area contributed by atoms with Gasteiger partial charge in [0.15, 0.2) is 0 Å². The molecule has 7 heteroatoms. The summed E-state index contributed by atoms with van der Waals surface area (Å²) in [5.74, 6) is 0.490. The molecule has 0 N–H and O–H groups in total. The molecule has 2 aliphatic heterocycles. The van der Waals surface area contributed by atoms with Gasteiger partial charge >= 0.3 is 0 Å². The first kappa shape index (κ1) is 19.4. The molecule has 1 atom stereocenters. The number of pyridine rings is 1. The number of amides is 1. The van der Waals surface area contributed by atoms with Crippen molar-refractivity contribution in [2.24, 2.45) is 5.92 Å². The average molecular weight is 394 g/mol. The Morgan fingerprint density at radius 2 is 1.97 bits per heavy atom. The molecule has 1 aromatic carbocycles. The van der Waals surface area contributed by atoms with E-state index in [0.717, 1.165) is 44.3 Å². The minimum Gasteiger partial charge on any atom is -0.366 e. The largest absolute Gasteiger partial charge is 0.366 e. The average Bonchev–Trinajstić information content (AvgIpc) is 3.24. The Bertz CT molecular complexity index is 894. The van der Waals surface area contributed by atoms with E-state index in [1.807, 2.05) is 17.0 Å². The van der Waals surface area contributed by atoms with E-state index < -0.39 is 0 Å². The molecule has 3 heterocycles. The van der Waals surface area contributed by atoms with Crippen molar-refractivity contribution in [2.75, 3.05) is 24.5 Å². The summed E-state index contributed by atoms with van der Waals surface area (Å²) in [5.41, 5.74) is 2.01. The molecule has 2 saturated heterocycles. The Labute approximate surface area is 170 Å². The van der Waals surface area contributed by atoms with E-state index in [0.29, 0.717) is 23.7 Å². The van der Waals surface area contributed by atoms with Crippen molar-refractivity contribution >= 4 is 17.3 Å². The van der Waals surface area contributed by atoms with E-state index in [1.54, 1.807) is 24.5 Å². The van der Waals surface area contributed by atoms with Gasteiger partial charge in [-0.1, -0.05) is 13.0 Å². The number of aromatic nitrogens is 1. The minimum atomic E-state index is -0.368. The zero-order valence-electron chi connectivity index (χ0n) is 16.7. The molecular weight excluding hydrogens is 368 g/mol. The number of nitro benzene ring substituents is 1. The van der Waals surface area contributed by atoms with Gasteiger partial charge in [0.05, 0.1) is 11.0 Å². The summed E-state index contributed by atoms with van der Waals surface area (Å²) in [4.78, 5) is 32.7. The van der Waals surface area contributed by atoms with Crippen LogP contribution in [-0.4, -0.2) is 40.3 Å². The number of hydrogen-bond donors (Lipinski definition) is 0. The van der Waals surface area contributed by atoms with Gasteiger partial charge in [0.1, 0.15) is 5.69 Å². The zero-order valence-corrected chi connectivity index (χ0v) is 16.7. The van der Waals surface area contributed by atoms with Crippen molar-refractivity contribution in [3.63, 3.8) is 0 Å². The van der Waals surface area contributed by atoms with Gasteiger partial charge in [0.2, 0.25) is 0 Å². The lowest BCUT2D eigenvalue weighted by Crippen LogP contribution is -2.33. The summed E-state index contributed by atoms with van der Waals surface area (Å²) in [6.45, 7) is 4.48. The van der Waals surface area contributed by atoms with Crippen molar-refractivity contribution in [1.29, 1.82) is 0 Å². The predicted molar refractivity (Wildman–Crippen MR) is 111 cm³/mol. The van der Waals surface area contributed by atoms with Gasteiger partial charge in [-0.2, -0.15) is 0 Å². The first-order valence-corrected chi connectivity index (χ1v) is 10.3. The lowest BCUT2D eigenvalue weighted by Gasteiger charge is -2.32. The second kappa shape index (κ2) is 8.19. The molecule has 1 aromatic heterocycles. The van der Waals surface area contributed by atoms with Crippen molar-refractivity contribution in [2.45, 2.75) is 38.6 Å². The fourth-order valence-corrected chi connectivity index (χ4v) is 4.41. The maximum absolute atomic E-state index is 13.2. The number of anilines is 1. The molecule has 7 nitrogen and oxygen atoms in total. The summed E-state index contributed by atoms with van der Waals surface area (Å²) in [6.07, 6.45) is 7.35. The van der Waals surface area contributed by atoms with Crippen molar-refractivity contribution in [3.8, 4) is 0 Å². The Morgan fingerprint density at radius 3 is 2.66 bits per heavy atom. The standard InChI is InChI=1S/C22H26N4O3/c1-16-8-12-24(13-9-16)20-7-6-17(14-21(20)26(28)29)22(27)25-11-3-5-19(25)18-4-2-10-23-15-18/h2,4,6-7,10,14-16,19H,3,5,8-9,11-13H2,1H3. The van der Waals surface area contributed by atoms with Crippen LogP contribution in [0.5, 0.6) is 0 Å². The van der Waals surface area contributed by atoms with Crippen LogP contribution in [0.1, 0.15) is 54.6 Å². The Morgan fingerprint density at radius 1 is 1.17 bits per heavy atom. The molecule has 2 aromatic rings. The van der Waals surface area contributed by atoms with E-state index in [1.165, 1.54) is 6.07 Å². The molecule has 1 unspecified atom stereocenters. The van der Waals surface area contributed by atoms with Gasteiger partial charge in [0, 0.05) is 43.7 Å². The summed E-state index contributed by atoms with van der Waals surface area (Å²) in [7, 11) is 0. The number of hydrogen-bond acceptors (Lipinski definition) is 5. The molecule has 0 saturated carbocycles. The van der Waals surface area contributed by atoms with Gasteiger partial charge in [-0.05, 0) is 55.4 Å². The highest BCUT2D eigenvalue weighted by atomic mass is 16.6. The molecule has 0 spiro atoms. The molecular formula is C22H26N4O3. The zero-order chi connectivity index (χ0) is 20.4. The molecule has 152 valence electrons. The van der Waals surface area contributed by atoms with E-state index in [4.69, 9.17) is 0 Å². The number of carbonyl (C=O) groups excluding carboxylic acids is 1. The summed E-state index contributed by atoms with van der Waals surface area (Å²) in [5, 5.41) is 11.8. The summed E-state index contributed by atoms with van der Waals surface area (Å²) >= 11 is 0. The third-order valence-electron chi connectivity index (χ3n) is 6.13. The Kier molecular flexibility index (Phi) is 5.47. The molecule has 29 heavy (non-hydrogen) atoms. The van der Waals surface area contributed by atoms with E-state index in [9.17, 15) is 14.9 Å². The van der Waals surface area contributed by atoms with Gasteiger partial charge in [-0.3, -0.25) is 19.9 Å². The number of nitrogens with zero attached hydrogens (tertiary/aromatic N) is 4. The number of benzene rings is 1. The first-order chi connectivity index (χ1) is 14.0. The highest BCUT2D eigenvalue weighted by molar-refractivity contribution is 5.96. The van der Waals surface area contributed by atoms with Crippen LogP contribution in [-0.2, 0) is 0 Å². The lowest BCUT2D eigenvalue weighted by atomic mass is 9.98. The Hall–Kier alpha value is -2.96. The molecule has 4 rings (SSSR count). The summed E-state index contributed by atoms with van der Waals surface area (Å²) in [6, 6.07) is 8.76. The second-order valence-corrected chi connectivity index (χ2v) is 8.07. The number of rotatable bonds is 4. The van der Waals surface area contributed by atoms with Crippen molar-refractivity contribution in [1.82, 2.24) is 9.88 Å². The second-order valence-electron chi connectivity index (χ2n) is 8.07. The van der Waals surface area contributed by atoms with Gasteiger partial charge in [-0.15, -0.1) is 0 Å². The van der Waals surface area contributed by atoms with Crippen LogP contribution in [0.4, 0.5) is 11.4 Å². The predicted octanol–water partition coefficient (Wildman–Crippen LogP) is 4.20. The molecule has 2 fully saturated rings. The van der Waals surface area contributed by atoms with Crippen LogP contribution in [0, 0.1) is 16.0 Å². The third kappa shape index (κ3) is 3.95. The minimum absolute atomic E-state index is 0.0162. The van der Waals surface area contributed by atoms with Crippen LogP contribution in [0.2, 0.25) is 0 Å². The molecule has 0 aliphatic carbocycles. The fraction of sp³-hybridized carbons (Fsp3) is 0.455. The van der Waals surface area contributed by atoms with E-state index in [-0.39, 0.29) is 22.6 Å². The SMILES string of the molecule is CC1CCN(c2ccc(C(=O)N3CCCC3c3cccnc3)cc2[N+](=O)[O-])CC1. The number of carbonyl (C=O) groups is 1. The highest BCUT2D eigenvalue weighted by Gasteiger charge is 2.32. The molecule has 1 amide bonds. The maximum Gasteiger partial charge on any atom is 0.293 e. The molecule has 0 radical (unpaired) electrons. The number of piperidine rings is 1. The van der Waals surface area contributed by atoms with Crippen LogP contribution in [0.15, 0.2) is 42.7 Å². The van der Waals surface area contributed by atoms with Crippen LogP contribution >= 0.6 is 0 Å². The number of nitro groups is 1.